The predicted octanol–water partition coefficient (Wildman–Crippen LogP) is 3.13. The quantitative estimate of drug-likeness (QED) is 0.828. The second kappa shape index (κ2) is 5.69. The molecule has 0 aromatic carbocycles. The summed E-state index contributed by atoms with van der Waals surface area (Å²) in [6, 6.07) is 0. The number of rotatable bonds is 5. The molecular formula is C11H17Cl2N3. The Bertz CT molecular complexity index is 343. The van der Waals surface area contributed by atoms with Gasteiger partial charge in [-0.3, -0.25) is 4.98 Å². The summed E-state index contributed by atoms with van der Waals surface area (Å²) in [6.07, 6.45) is 2.59. The van der Waals surface area contributed by atoms with Gasteiger partial charge >= 0.3 is 0 Å². The molecule has 0 atom stereocenters. The summed E-state index contributed by atoms with van der Waals surface area (Å²) >= 11 is 11.9. The summed E-state index contributed by atoms with van der Waals surface area (Å²) in [5.74, 6) is 1.66. The summed E-state index contributed by atoms with van der Waals surface area (Å²) in [5.41, 5.74) is 1.43. The Morgan fingerprint density at radius 3 is 2.44 bits per heavy atom. The highest BCUT2D eigenvalue weighted by molar-refractivity contribution is 6.22. The van der Waals surface area contributed by atoms with Crippen molar-refractivity contribution in [1.82, 2.24) is 9.97 Å². The van der Waals surface area contributed by atoms with Crippen molar-refractivity contribution in [2.24, 2.45) is 0 Å². The fourth-order valence-corrected chi connectivity index (χ4v) is 2.08. The van der Waals surface area contributed by atoms with Gasteiger partial charge in [-0.2, -0.15) is 0 Å². The van der Waals surface area contributed by atoms with E-state index in [9.17, 15) is 0 Å². The van der Waals surface area contributed by atoms with Gasteiger partial charge in [0.2, 0.25) is 0 Å². The van der Waals surface area contributed by atoms with E-state index < -0.39 is 0 Å². The SMILES string of the molecule is CCC(CCl)(CCl)Nc1nc(C)cnc1C. The van der Waals surface area contributed by atoms with Gasteiger partial charge < -0.3 is 5.32 Å². The van der Waals surface area contributed by atoms with E-state index >= 15 is 0 Å². The molecule has 1 heterocycles. The van der Waals surface area contributed by atoms with Crippen LogP contribution in [0.2, 0.25) is 0 Å². The standard InChI is InChI=1S/C11H17Cl2N3/c1-4-11(6-12,7-13)16-10-9(3)14-5-8(2)15-10/h5H,4,6-7H2,1-3H3,(H,15,16). The van der Waals surface area contributed by atoms with Crippen molar-refractivity contribution in [3.8, 4) is 0 Å². The molecule has 0 aliphatic heterocycles. The minimum Gasteiger partial charge on any atom is -0.361 e. The van der Waals surface area contributed by atoms with Gasteiger partial charge in [-0.05, 0) is 20.3 Å². The van der Waals surface area contributed by atoms with Gasteiger partial charge in [0.25, 0.3) is 0 Å². The molecule has 1 aromatic heterocycles. The summed E-state index contributed by atoms with van der Waals surface area (Å²) < 4.78 is 0. The minimum atomic E-state index is -0.309. The van der Waals surface area contributed by atoms with Crippen LogP contribution in [0.5, 0.6) is 0 Å². The molecule has 3 nitrogen and oxygen atoms in total. The van der Waals surface area contributed by atoms with Crippen LogP contribution in [0.25, 0.3) is 0 Å². The van der Waals surface area contributed by atoms with E-state index in [4.69, 9.17) is 23.2 Å². The van der Waals surface area contributed by atoms with Gasteiger partial charge in [0.05, 0.1) is 16.9 Å². The van der Waals surface area contributed by atoms with Crippen LogP contribution in [0.15, 0.2) is 6.20 Å². The third-order valence-electron chi connectivity index (χ3n) is 2.65. The largest absolute Gasteiger partial charge is 0.361 e. The number of aryl methyl sites for hydroxylation is 2. The first-order chi connectivity index (χ1) is 7.56. The summed E-state index contributed by atoms with van der Waals surface area (Å²) in [6.45, 7) is 5.88. The first-order valence-electron chi connectivity index (χ1n) is 5.27. The van der Waals surface area contributed by atoms with E-state index in [-0.39, 0.29) is 5.54 Å². The zero-order chi connectivity index (χ0) is 12.2. The molecule has 0 aliphatic rings. The second-order valence-electron chi connectivity index (χ2n) is 3.97. The first kappa shape index (κ1) is 13.5. The minimum absolute atomic E-state index is 0.309. The van der Waals surface area contributed by atoms with Crippen LogP contribution in [-0.2, 0) is 0 Å². The van der Waals surface area contributed by atoms with Gasteiger partial charge in [0, 0.05) is 18.0 Å². The van der Waals surface area contributed by atoms with Crippen molar-refractivity contribution < 1.29 is 0 Å². The van der Waals surface area contributed by atoms with E-state index in [1.165, 1.54) is 0 Å². The number of hydrogen-bond acceptors (Lipinski definition) is 3. The van der Waals surface area contributed by atoms with Crippen molar-refractivity contribution in [1.29, 1.82) is 0 Å². The highest BCUT2D eigenvalue weighted by Gasteiger charge is 2.27. The highest BCUT2D eigenvalue weighted by atomic mass is 35.5. The van der Waals surface area contributed by atoms with Crippen LogP contribution < -0.4 is 5.32 Å². The molecular weight excluding hydrogens is 245 g/mol. The number of hydrogen-bond donors (Lipinski definition) is 1. The van der Waals surface area contributed by atoms with Crippen molar-refractivity contribution >= 4 is 29.0 Å². The van der Waals surface area contributed by atoms with Crippen LogP contribution >= 0.6 is 23.2 Å². The molecule has 0 unspecified atom stereocenters. The van der Waals surface area contributed by atoms with E-state index in [1.807, 2.05) is 13.8 Å². The summed E-state index contributed by atoms with van der Waals surface area (Å²) in [7, 11) is 0. The molecule has 0 amide bonds. The van der Waals surface area contributed by atoms with E-state index in [1.54, 1.807) is 6.20 Å². The van der Waals surface area contributed by atoms with Gasteiger partial charge in [-0.1, -0.05) is 6.92 Å². The number of aromatic nitrogens is 2. The van der Waals surface area contributed by atoms with Gasteiger partial charge in [-0.15, -0.1) is 23.2 Å². The summed E-state index contributed by atoms with van der Waals surface area (Å²) in [5, 5.41) is 3.31. The Balaban J connectivity index is 2.97. The highest BCUT2D eigenvalue weighted by Crippen LogP contribution is 2.22. The maximum absolute atomic E-state index is 5.97. The molecule has 5 heteroatoms. The monoisotopic (exact) mass is 261 g/mol. The normalized spacial score (nSPS) is 11.6. The summed E-state index contributed by atoms with van der Waals surface area (Å²) in [4.78, 5) is 8.67. The fraction of sp³-hybridized carbons (Fsp3) is 0.636. The molecule has 16 heavy (non-hydrogen) atoms. The number of alkyl halides is 2. The molecule has 1 N–H and O–H groups in total. The lowest BCUT2D eigenvalue weighted by Gasteiger charge is -2.30. The maximum atomic E-state index is 5.97. The van der Waals surface area contributed by atoms with Crippen molar-refractivity contribution in [2.45, 2.75) is 32.7 Å². The average molecular weight is 262 g/mol. The Kier molecular flexibility index (Phi) is 4.81. The lowest BCUT2D eigenvalue weighted by Crippen LogP contribution is -2.42. The van der Waals surface area contributed by atoms with Gasteiger partial charge in [0.15, 0.2) is 0 Å². The van der Waals surface area contributed by atoms with Crippen molar-refractivity contribution in [3.05, 3.63) is 17.6 Å². The molecule has 1 aromatic rings. The van der Waals surface area contributed by atoms with Crippen molar-refractivity contribution in [3.63, 3.8) is 0 Å². The zero-order valence-electron chi connectivity index (χ0n) is 9.85. The Morgan fingerprint density at radius 1 is 1.31 bits per heavy atom. The lowest BCUT2D eigenvalue weighted by molar-refractivity contribution is 0.556. The van der Waals surface area contributed by atoms with E-state index in [0.717, 1.165) is 23.6 Å². The molecule has 0 radical (unpaired) electrons. The van der Waals surface area contributed by atoms with Gasteiger partial charge in [-0.25, -0.2) is 4.98 Å². The van der Waals surface area contributed by atoms with Crippen LogP contribution in [0.4, 0.5) is 5.82 Å². The van der Waals surface area contributed by atoms with Crippen LogP contribution in [0.1, 0.15) is 24.7 Å². The third kappa shape index (κ3) is 2.98. The molecule has 0 fully saturated rings. The number of nitrogens with zero attached hydrogens (tertiary/aromatic N) is 2. The van der Waals surface area contributed by atoms with Crippen molar-refractivity contribution in [2.75, 3.05) is 17.1 Å². The van der Waals surface area contributed by atoms with E-state index in [0.29, 0.717) is 11.8 Å². The third-order valence-corrected chi connectivity index (χ3v) is 3.67. The molecule has 0 spiro atoms. The smallest absolute Gasteiger partial charge is 0.148 e. The van der Waals surface area contributed by atoms with Crippen LogP contribution in [0, 0.1) is 13.8 Å². The second-order valence-corrected chi connectivity index (χ2v) is 4.51. The Morgan fingerprint density at radius 2 is 1.94 bits per heavy atom. The molecule has 1 rings (SSSR count). The van der Waals surface area contributed by atoms with Gasteiger partial charge in [0.1, 0.15) is 5.82 Å². The lowest BCUT2D eigenvalue weighted by atomic mass is 10.0. The van der Waals surface area contributed by atoms with E-state index in [2.05, 4.69) is 22.2 Å². The number of halogens is 2. The zero-order valence-corrected chi connectivity index (χ0v) is 11.4. The topological polar surface area (TPSA) is 37.8 Å². The molecule has 0 bridgehead atoms. The van der Waals surface area contributed by atoms with Crippen LogP contribution in [-0.4, -0.2) is 27.3 Å². The molecule has 0 aliphatic carbocycles. The predicted molar refractivity (Wildman–Crippen MR) is 69.6 cm³/mol. The Hall–Kier alpha value is -0.540. The fourth-order valence-electron chi connectivity index (χ4n) is 1.29. The first-order valence-corrected chi connectivity index (χ1v) is 6.34. The molecule has 0 saturated heterocycles. The number of anilines is 1. The number of nitrogens with one attached hydrogen (secondary N) is 1. The average Bonchev–Trinajstić information content (AvgIpc) is 2.31. The van der Waals surface area contributed by atoms with Crippen LogP contribution in [0.3, 0.4) is 0 Å². The molecule has 0 saturated carbocycles. The Labute approximate surface area is 107 Å². The maximum Gasteiger partial charge on any atom is 0.148 e. The molecule has 90 valence electrons.